The van der Waals surface area contributed by atoms with Gasteiger partial charge in [-0.25, -0.2) is 0 Å². The summed E-state index contributed by atoms with van der Waals surface area (Å²) in [7, 11) is 3.26. The molecule has 2 rings (SSSR count). The van der Waals surface area contributed by atoms with Gasteiger partial charge < -0.3 is 9.47 Å². The molecule has 2 aromatic rings. The van der Waals surface area contributed by atoms with Crippen LogP contribution in [0.5, 0.6) is 11.5 Å². The number of fused-ring (bicyclic) bond motifs is 1. The van der Waals surface area contributed by atoms with Crippen molar-refractivity contribution >= 4 is 10.9 Å². The van der Waals surface area contributed by atoms with Crippen molar-refractivity contribution in [1.82, 2.24) is 4.98 Å². The Morgan fingerprint density at radius 2 is 1.59 bits per heavy atom. The quantitative estimate of drug-likeness (QED) is 0.794. The second-order valence-electron chi connectivity index (χ2n) is 3.35. The predicted molar refractivity (Wildman–Crippen MR) is 70.9 cm³/mol. The fourth-order valence-corrected chi connectivity index (χ4v) is 1.61. The van der Waals surface area contributed by atoms with Crippen LogP contribution in [0.4, 0.5) is 0 Å². The van der Waals surface area contributed by atoms with Gasteiger partial charge in [-0.05, 0) is 24.6 Å². The summed E-state index contributed by atoms with van der Waals surface area (Å²) < 4.78 is 10.5. The van der Waals surface area contributed by atoms with Crippen molar-refractivity contribution in [3.63, 3.8) is 0 Å². The first-order chi connectivity index (χ1) is 8.26. The van der Waals surface area contributed by atoms with Gasteiger partial charge in [0.1, 0.15) is 0 Å². The predicted octanol–water partition coefficient (Wildman–Crippen LogP) is 3.59. The summed E-state index contributed by atoms with van der Waals surface area (Å²) in [6, 6.07) is 5.83. The lowest BCUT2D eigenvalue weighted by atomic mass is 10.1. The van der Waals surface area contributed by atoms with Crippen molar-refractivity contribution in [2.24, 2.45) is 0 Å². The van der Waals surface area contributed by atoms with Crippen LogP contribution in [0, 0.1) is 6.92 Å². The number of ether oxygens (including phenoxy) is 2. The molecular formula is C14H19NO2. The summed E-state index contributed by atoms with van der Waals surface area (Å²) in [5.74, 6) is 1.45. The minimum atomic E-state index is 0.711. The maximum atomic E-state index is 5.25. The zero-order valence-electron chi connectivity index (χ0n) is 11.1. The fourth-order valence-electron chi connectivity index (χ4n) is 1.61. The van der Waals surface area contributed by atoms with E-state index in [9.17, 15) is 0 Å². The van der Waals surface area contributed by atoms with Gasteiger partial charge in [0.2, 0.25) is 0 Å². The molecule has 1 heterocycles. The topological polar surface area (TPSA) is 31.4 Å². The average molecular weight is 233 g/mol. The maximum Gasteiger partial charge on any atom is 0.162 e. The first-order valence-corrected chi connectivity index (χ1v) is 5.73. The molecule has 92 valence electrons. The van der Waals surface area contributed by atoms with Crippen LogP contribution in [-0.2, 0) is 0 Å². The van der Waals surface area contributed by atoms with Gasteiger partial charge in [-0.2, -0.15) is 0 Å². The average Bonchev–Trinajstić information content (AvgIpc) is 2.40. The first kappa shape index (κ1) is 13.3. The number of pyridine rings is 1. The first-order valence-electron chi connectivity index (χ1n) is 5.73. The third kappa shape index (κ3) is 2.67. The molecule has 0 saturated heterocycles. The molecule has 0 aliphatic carbocycles. The van der Waals surface area contributed by atoms with Gasteiger partial charge in [-0.1, -0.05) is 13.8 Å². The van der Waals surface area contributed by atoms with Gasteiger partial charge in [-0.15, -0.1) is 0 Å². The lowest BCUT2D eigenvalue weighted by Gasteiger charge is -2.09. The number of hydrogen-bond donors (Lipinski definition) is 0. The second-order valence-corrected chi connectivity index (χ2v) is 3.35. The zero-order valence-corrected chi connectivity index (χ0v) is 11.1. The molecule has 0 aliphatic heterocycles. The molecule has 17 heavy (non-hydrogen) atoms. The normalized spacial score (nSPS) is 9.47. The summed E-state index contributed by atoms with van der Waals surface area (Å²) in [6.07, 6.45) is 1.80. The Morgan fingerprint density at radius 1 is 1.00 bits per heavy atom. The molecule has 0 saturated carbocycles. The van der Waals surface area contributed by atoms with E-state index < -0.39 is 0 Å². The smallest absolute Gasteiger partial charge is 0.162 e. The fraction of sp³-hybridized carbons (Fsp3) is 0.357. The summed E-state index contributed by atoms with van der Waals surface area (Å²) in [4.78, 5) is 4.29. The van der Waals surface area contributed by atoms with Crippen molar-refractivity contribution in [3.8, 4) is 11.5 Å². The molecule has 0 amide bonds. The summed E-state index contributed by atoms with van der Waals surface area (Å²) in [6.45, 7) is 6.05. The molecule has 0 bridgehead atoms. The van der Waals surface area contributed by atoms with E-state index in [1.54, 1.807) is 20.4 Å². The molecule has 3 nitrogen and oxygen atoms in total. The van der Waals surface area contributed by atoms with Crippen molar-refractivity contribution < 1.29 is 9.47 Å². The maximum absolute atomic E-state index is 5.25. The van der Waals surface area contributed by atoms with Crippen LogP contribution in [0.25, 0.3) is 10.9 Å². The minimum Gasteiger partial charge on any atom is -0.493 e. The van der Waals surface area contributed by atoms with Crippen molar-refractivity contribution in [3.05, 3.63) is 30.0 Å². The second kappa shape index (κ2) is 6.09. The Morgan fingerprint density at radius 3 is 2.18 bits per heavy atom. The molecule has 1 aromatic heterocycles. The van der Waals surface area contributed by atoms with Crippen LogP contribution in [0.2, 0.25) is 0 Å². The van der Waals surface area contributed by atoms with E-state index in [4.69, 9.17) is 9.47 Å². The molecule has 0 unspecified atom stereocenters. The molecule has 0 aliphatic rings. The lowest BCUT2D eigenvalue weighted by Crippen LogP contribution is -1.92. The molecule has 0 radical (unpaired) electrons. The standard InChI is InChI=1S/C12H13NO2.C2H6/c1-8-4-5-13-10-7-12(15-3)11(14-2)6-9(8)10;1-2/h4-7H,1-3H3;1-2H3. The van der Waals surface area contributed by atoms with Gasteiger partial charge in [0.25, 0.3) is 0 Å². The molecule has 0 fully saturated rings. The molecular weight excluding hydrogens is 214 g/mol. The Labute approximate surface area is 102 Å². The molecule has 3 heteroatoms. The number of benzene rings is 1. The Hall–Kier alpha value is -1.77. The van der Waals surface area contributed by atoms with Gasteiger partial charge >= 0.3 is 0 Å². The van der Waals surface area contributed by atoms with Crippen LogP contribution >= 0.6 is 0 Å². The van der Waals surface area contributed by atoms with E-state index in [1.165, 1.54) is 5.56 Å². The van der Waals surface area contributed by atoms with E-state index in [0.717, 1.165) is 16.7 Å². The number of methoxy groups -OCH3 is 2. The SMILES string of the molecule is CC.COc1cc2nccc(C)c2cc1OC. The monoisotopic (exact) mass is 233 g/mol. The number of aromatic nitrogens is 1. The van der Waals surface area contributed by atoms with E-state index in [1.807, 2.05) is 32.0 Å². The van der Waals surface area contributed by atoms with Gasteiger partial charge in [0.05, 0.1) is 19.7 Å². The van der Waals surface area contributed by atoms with Gasteiger partial charge in [-0.3, -0.25) is 4.98 Å². The minimum absolute atomic E-state index is 0.711. The van der Waals surface area contributed by atoms with Crippen molar-refractivity contribution in [2.75, 3.05) is 14.2 Å². The van der Waals surface area contributed by atoms with E-state index in [2.05, 4.69) is 11.9 Å². The number of nitrogens with zero attached hydrogens (tertiary/aromatic N) is 1. The van der Waals surface area contributed by atoms with E-state index in [0.29, 0.717) is 5.75 Å². The summed E-state index contributed by atoms with van der Waals surface area (Å²) >= 11 is 0. The Bertz CT molecular complexity index is 495. The van der Waals surface area contributed by atoms with Crippen molar-refractivity contribution in [1.29, 1.82) is 0 Å². The third-order valence-electron chi connectivity index (χ3n) is 2.46. The van der Waals surface area contributed by atoms with Crippen LogP contribution < -0.4 is 9.47 Å². The Balaban J connectivity index is 0.000000686. The highest BCUT2D eigenvalue weighted by Gasteiger charge is 2.07. The highest BCUT2D eigenvalue weighted by atomic mass is 16.5. The highest BCUT2D eigenvalue weighted by molar-refractivity contribution is 5.85. The van der Waals surface area contributed by atoms with E-state index in [-0.39, 0.29) is 0 Å². The highest BCUT2D eigenvalue weighted by Crippen LogP contribution is 2.32. The van der Waals surface area contributed by atoms with Crippen molar-refractivity contribution in [2.45, 2.75) is 20.8 Å². The summed E-state index contributed by atoms with van der Waals surface area (Å²) in [5, 5.41) is 1.09. The number of hydrogen-bond acceptors (Lipinski definition) is 3. The lowest BCUT2D eigenvalue weighted by molar-refractivity contribution is 0.356. The Kier molecular flexibility index (Phi) is 4.76. The van der Waals surface area contributed by atoms with Crippen LogP contribution in [-0.4, -0.2) is 19.2 Å². The van der Waals surface area contributed by atoms with Gasteiger partial charge in [0, 0.05) is 17.6 Å². The molecule has 0 atom stereocenters. The molecule has 0 N–H and O–H groups in total. The van der Waals surface area contributed by atoms with Crippen LogP contribution in [0.15, 0.2) is 24.4 Å². The van der Waals surface area contributed by atoms with Crippen LogP contribution in [0.1, 0.15) is 19.4 Å². The van der Waals surface area contributed by atoms with E-state index >= 15 is 0 Å². The number of aryl methyl sites for hydroxylation is 1. The summed E-state index contributed by atoms with van der Waals surface area (Å²) in [5.41, 5.74) is 2.11. The van der Waals surface area contributed by atoms with Crippen LogP contribution in [0.3, 0.4) is 0 Å². The van der Waals surface area contributed by atoms with Gasteiger partial charge in [0.15, 0.2) is 11.5 Å². The third-order valence-corrected chi connectivity index (χ3v) is 2.46. The zero-order chi connectivity index (χ0) is 12.8. The molecule has 1 aromatic carbocycles. The largest absolute Gasteiger partial charge is 0.493 e. The number of rotatable bonds is 2. The molecule has 0 spiro atoms.